The van der Waals surface area contributed by atoms with Gasteiger partial charge in [0.1, 0.15) is 0 Å². The largest absolute Gasteiger partial charge is 0.311 e. The minimum atomic E-state index is 1.09. The van der Waals surface area contributed by atoms with Gasteiger partial charge in [0.05, 0.1) is 5.69 Å². The van der Waals surface area contributed by atoms with Crippen LogP contribution in [0.25, 0.3) is 32.7 Å². The fourth-order valence-corrected chi connectivity index (χ4v) is 6.51. The molecule has 8 aromatic rings. The zero-order chi connectivity index (χ0) is 30.7. The van der Waals surface area contributed by atoms with Crippen molar-refractivity contribution < 1.29 is 0 Å². The molecule has 2 heteroatoms. The van der Waals surface area contributed by atoms with E-state index in [2.05, 4.69) is 204 Å². The normalized spacial score (nSPS) is 11.0. The van der Waals surface area contributed by atoms with Crippen molar-refractivity contribution in [3.8, 4) is 11.1 Å². The van der Waals surface area contributed by atoms with Gasteiger partial charge in [0.15, 0.2) is 0 Å². The van der Waals surface area contributed by atoms with Crippen molar-refractivity contribution in [1.29, 1.82) is 0 Å². The lowest BCUT2D eigenvalue weighted by atomic mass is 9.93. The van der Waals surface area contributed by atoms with Gasteiger partial charge in [-0.2, -0.15) is 0 Å². The minimum absolute atomic E-state index is 1.09. The molecule has 0 spiro atoms. The number of anilines is 6. The van der Waals surface area contributed by atoms with E-state index in [9.17, 15) is 0 Å². The Hall–Kier alpha value is -6.12. The highest BCUT2D eigenvalue weighted by Crippen LogP contribution is 2.47. The van der Waals surface area contributed by atoms with E-state index in [1.807, 2.05) is 0 Å². The van der Waals surface area contributed by atoms with Gasteiger partial charge >= 0.3 is 0 Å². The van der Waals surface area contributed by atoms with Crippen LogP contribution in [0.5, 0.6) is 0 Å². The van der Waals surface area contributed by atoms with Crippen molar-refractivity contribution >= 4 is 55.7 Å². The number of benzene rings is 8. The number of hydrogen-bond donors (Lipinski definition) is 0. The van der Waals surface area contributed by atoms with Gasteiger partial charge in [-0.15, -0.1) is 0 Å². The predicted octanol–water partition coefficient (Wildman–Crippen LogP) is 12.6. The fraction of sp³-hybridized carbons (Fsp3) is 0. The van der Waals surface area contributed by atoms with Crippen LogP contribution in [0.4, 0.5) is 34.1 Å². The van der Waals surface area contributed by atoms with Crippen molar-refractivity contribution in [2.75, 3.05) is 9.80 Å². The molecule has 0 amide bonds. The van der Waals surface area contributed by atoms with Gasteiger partial charge in [0.2, 0.25) is 0 Å². The second kappa shape index (κ2) is 12.1. The molecule has 8 rings (SSSR count). The third-order valence-electron chi connectivity index (χ3n) is 8.61. The van der Waals surface area contributed by atoms with Crippen LogP contribution in [-0.2, 0) is 0 Å². The van der Waals surface area contributed by atoms with Gasteiger partial charge in [0, 0.05) is 39.4 Å². The van der Waals surface area contributed by atoms with Crippen LogP contribution < -0.4 is 9.80 Å². The van der Waals surface area contributed by atoms with E-state index in [1.165, 1.54) is 32.7 Å². The maximum Gasteiger partial charge on any atom is 0.0618 e. The first-order chi connectivity index (χ1) is 22.8. The number of hydrogen-bond acceptors (Lipinski definition) is 2. The van der Waals surface area contributed by atoms with Gasteiger partial charge in [-0.25, -0.2) is 0 Å². The maximum absolute atomic E-state index is 2.42. The van der Waals surface area contributed by atoms with Gasteiger partial charge in [-0.05, 0) is 82.4 Å². The first kappa shape index (κ1) is 27.4. The lowest BCUT2D eigenvalue weighted by molar-refractivity contribution is 1.26. The van der Waals surface area contributed by atoms with Crippen LogP contribution in [-0.4, -0.2) is 0 Å². The zero-order valence-electron chi connectivity index (χ0n) is 25.4. The molecule has 0 radical (unpaired) electrons. The monoisotopic (exact) mass is 588 g/mol. The van der Waals surface area contributed by atoms with Gasteiger partial charge in [-0.1, -0.05) is 133 Å². The summed E-state index contributed by atoms with van der Waals surface area (Å²) in [6, 6.07) is 69.3. The molecule has 0 atom stereocenters. The number of nitrogens with zero attached hydrogens (tertiary/aromatic N) is 2. The first-order valence-corrected chi connectivity index (χ1v) is 15.7. The van der Waals surface area contributed by atoms with Crippen LogP contribution >= 0.6 is 0 Å². The Bertz CT molecular complexity index is 2200. The van der Waals surface area contributed by atoms with Gasteiger partial charge in [0.25, 0.3) is 0 Å². The highest BCUT2D eigenvalue weighted by atomic mass is 15.2. The summed E-state index contributed by atoms with van der Waals surface area (Å²) in [5, 5.41) is 4.89. The fourth-order valence-electron chi connectivity index (χ4n) is 6.51. The third kappa shape index (κ3) is 5.06. The van der Waals surface area contributed by atoms with E-state index in [0.717, 1.165) is 34.1 Å². The summed E-state index contributed by atoms with van der Waals surface area (Å²) in [4.78, 5) is 4.72. The zero-order valence-corrected chi connectivity index (χ0v) is 25.4. The summed E-state index contributed by atoms with van der Waals surface area (Å²) in [5.74, 6) is 0. The van der Waals surface area contributed by atoms with Crippen LogP contribution in [0.1, 0.15) is 0 Å². The van der Waals surface area contributed by atoms with Crippen LogP contribution in [0.15, 0.2) is 194 Å². The van der Waals surface area contributed by atoms with Crippen molar-refractivity contribution in [2.24, 2.45) is 0 Å². The molecule has 8 aromatic carbocycles. The van der Waals surface area contributed by atoms with Crippen LogP contribution in [0, 0.1) is 0 Å². The van der Waals surface area contributed by atoms with E-state index in [1.54, 1.807) is 0 Å². The quantitative estimate of drug-likeness (QED) is 0.183. The molecular weight excluding hydrogens is 556 g/mol. The molecule has 0 fully saturated rings. The molecule has 2 nitrogen and oxygen atoms in total. The average molecular weight is 589 g/mol. The van der Waals surface area contributed by atoms with E-state index in [0.29, 0.717) is 0 Å². The van der Waals surface area contributed by atoms with E-state index in [4.69, 9.17) is 0 Å². The molecule has 0 bridgehead atoms. The highest BCUT2D eigenvalue weighted by molar-refractivity contribution is 6.10. The summed E-state index contributed by atoms with van der Waals surface area (Å²) >= 11 is 0. The Kier molecular flexibility index (Phi) is 7.22. The molecule has 0 aromatic heterocycles. The van der Waals surface area contributed by atoms with Gasteiger partial charge < -0.3 is 9.80 Å². The van der Waals surface area contributed by atoms with Crippen LogP contribution in [0.2, 0.25) is 0 Å². The standard InChI is InChI=1S/C44H32N2/c1-4-18-35(19-5-1)45(36-20-6-2-7-21-36)38-28-30-39(31-29-38)46(37-22-8-3-9-23-37)44-41-25-13-11-16-34(41)27-32-43(44)42-26-14-17-33-15-10-12-24-40(33)42/h1-32H. The van der Waals surface area contributed by atoms with E-state index >= 15 is 0 Å². The summed E-state index contributed by atoms with van der Waals surface area (Å²) < 4.78 is 0. The maximum atomic E-state index is 2.42. The van der Waals surface area contributed by atoms with Crippen molar-refractivity contribution in [2.45, 2.75) is 0 Å². The Morgan fingerprint density at radius 2 is 0.652 bits per heavy atom. The van der Waals surface area contributed by atoms with Crippen molar-refractivity contribution in [1.82, 2.24) is 0 Å². The molecule has 0 N–H and O–H groups in total. The average Bonchev–Trinajstić information content (AvgIpc) is 3.14. The molecule has 218 valence electrons. The number of para-hydroxylation sites is 3. The van der Waals surface area contributed by atoms with Crippen molar-refractivity contribution in [3.63, 3.8) is 0 Å². The topological polar surface area (TPSA) is 6.48 Å². The second-order valence-electron chi connectivity index (χ2n) is 11.4. The molecule has 0 aliphatic rings. The third-order valence-corrected chi connectivity index (χ3v) is 8.61. The van der Waals surface area contributed by atoms with E-state index in [-0.39, 0.29) is 0 Å². The highest BCUT2D eigenvalue weighted by Gasteiger charge is 2.22. The Morgan fingerprint density at radius 3 is 1.24 bits per heavy atom. The molecule has 46 heavy (non-hydrogen) atoms. The van der Waals surface area contributed by atoms with Crippen LogP contribution in [0.3, 0.4) is 0 Å². The predicted molar refractivity (Wildman–Crippen MR) is 196 cm³/mol. The second-order valence-corrected chi connectivity index (χ2v) is 11.4. The van der Waals surface area contributed by atoms with Gasteiger partial charge in [-0.3, -0.25) is 0 Å². The summed E-state index contributed by atoms with van der Waals surface area (Å²) in [5.41, 5.74) is 9.11. The molecular formula is C44H32N2. The lowest BCUT2D eigenvalue weighted by Crippen LogP contribution is -2.13. The van der Waals surface area contributed by atoms with E-state index < -0.39 is 0 Å². The van der Waals surface area contributed by atoms with Crippen molar-refractivity contribution in [3.05, 3.63) is 194 Å². The number of fused-ring (bicyclic) bond motifs is 2. The SMILES string of the molecule is c1ccc(N(c2ccccc2)c2ccc(N(c3ccccc3)c3c(-c4cccc5ccccc45)ccc4ccccc34)cc2)cc1. The smallest absolute Gasteiger partial charge is 0.0618 e. The summed E-state index contributed by atoms with van der Waals surface area (Å²) in [6.45, 7) is 0. The Balaban J connectivity index is 1.35. The summed E-state index contributed by atoms with van der Waals surface area (Å²) in [7, 11) is 0. The first-order valence-electron chi connectivity index (χ1n) is 15.7. The molecule has 0 saturated carbocycles. The minimum Gasteiger partial charge on any atom is -0.311 e. The molecule has 0 saturated heterocycles. The number of rotatable bonds is 7. The Morgan fingerprint density at radius 1 is 0.239 bits per heavy atom. The molecule has 0 aliphatic carbocycles. The molecule has 0 heterocycles. The molecule has 0 aliphatic heterocycles. The molecule has 0 unspecified atom stereocenters. The Labute approximate surface area is 270 Å². The summed E-state index contributed by atoms with van der Waals surface area (Å²) in [6.07, 6.45) is 0. The lowest BCUT2D eigenvalue weighted by Gasteiger charge is -2.31.